The predicted octanol–water partition coefficient (Wildman–Crippen LogP) is 5.63. The highest BCUT2D eigenvalue weighted by Crippen LogP contribution is 2.30. The van der Waals surface area contributed by atoms with Gasteiger partial charge in [-0.15, -0.1) is 0 Å². The van der Waals surface area contributed by atoms with Crippen LogP contribution in [-0.2, 0) is 6.54 Å². The van der Waals surface area contributed by atoms with Gasteiger partial charge in [-0.25, -0.2) is 4.57 Å². The van der Waals surface area contributed by atoms with E-state index >= 15 is 0 Å². The zero-order chi connectivity index (χ0) is 21.8. The summed E-state index contributed by atoms with van der Waals surface area (Å²) in [6.07, 6.45) is 0. The van der Waals surface area contributed by atoms with Crippen molar-refractivity contribution in [1.29, 1.82) is 0 Å². The number of para-hydroxylation sites is 1. The molecule has 0 atom stereocenters. The van der Waals surface area contributed by atoms with E-state index in [1.54, 1.807) is 12.1 Å². The van der Waals surface area contributed by atoms with Gasteiger partial charge < -0.3 is 4.57 Å². The van der Waals surface area contributed by atoms with Gasteiger partial charge in [0.1, 0.15) is 0 Å². The highest BCUT2D eigenvalue weighted by Gasteiger charge is 2.15. The van der Waals surface area contributed by atoms with E-state index in [1.165, 1.54) is 4.57 Å². The van der Waals surface area contributed by atoms with Gasteiger partial charge in [0.15, 0.2) is 0 Å². The number of aromatic nitrogens is 2. The van der Waals surface area contributed by atoms with Gasteiger partial charge in [0, 0.05) is 39.1 Å². The van der Waals surface area contributed by atoms with Crippen LogP contribution >= 0.6 is 0 Å². The molecular weight excluding hydrogens is 396 g/mol. The van der Waals surface area contributed by atoms with E-state index in [0.717, 1.165) is 39.1 Å². The maximum Gasteiger partial charge on any atom is 0.265 e. The Bertz CT molecular complexity index is 1740. The first kappa shape index (κ1) is 18.6. The van der Waals surface area contributed by atoms with Gasteiger partial charge in [0.05, 0.1) is 5.69 Å². The van der Waals surface area contributed by atoms with Crippen molar-refractivity contribution in [1.82, 2.24) is 9.13 Å². The molecule has 0 bridgehead atoms. The standard InChI is InChI=1S/C28H20N2O2/c1-2-29-25-14-8-7-11-21(25)24-17-18(15-16-26(24)29)30-27(31)22-12-5-3-9-19(22)20-10-4-6-13-23(20)28(30)32/h3-17H,2H2,1H3. The van der Waals surface area contributed by atoms with Crippen molar-refractivity contribution >= 4 is 43.4 Å². The van der Waals surface area contributed by atoms with Gasteiger partial charge in [0.25, 0.3) is 11.1 Å². The summed E-state index contributed by atoms with van der Waals surface area (Å²) in [5, 5.41) is 4.78. The van der Waals surface area contributed by atoms with Gasteiger partial charge in [-0.3, -0.25) is 9.59 Å². The van der Waals surface area contributed by atoms with Crippen molar-refractivity contribution in [2.45, 2.75) is 13.5 Å². The molecule has 4 aromatic carbocycles. The van der Waals surface area contributed by atoms with E-state index in [2.05, 4.69) is 23.6 Å². The van der Waals surface area contributed by atoms with Gasteiger partial charge in [-0.2, -0.15) is 0 Å². The molecule has 2 aromatic heterocycles. The molecule has 4 heteroatoms. The number of aryl methyl sites for hydroxylation is 1. The Labute approximate surface area is 183 Å². The number of nitrogens with zero attached hydrogens (tertiary/aromatic N) is 2. The van der Waals surface area contributed by atoms with Crippen LogP contribution in [0, 0.1) is 0 Å². The van der Waals surface area contributed by atoms with Gasteiger partial charge >= 0.3 is 0 Å². The lowest BCUT2D eigenvalue weighted by Gasteiger charge is -2.05. The Hall–Kier alpha value is -4.18. The molecule has 4 nitrogen and oxygen atoms in total. The second-order valence-electron chi connectivity index (χ2n) is 8.00. The minimum Gasteiger partial charge on any atom is -0.341 e. The summed E-state index contributed by atoms with van der Waals surface area (Å²) in [5.41, 5.74) is 2.21. The third-order valence-corrected chi connectivity index (χ3v) is 6.34. The minimum absolute atomic E-state index is 0.305. The Morgan fingerprint density at radius 2 is 1.06 bits per heavy atom. The Kier molecular flexibility index (Phi) is 4.02. The van der Waals surface area contributed by atoms with Crippen molar-refractivity contribution in [2.75, 3.05) is 0 Å². The smallest absolute Gasteiger partial charge is 0.265 e. The quantitative estimate of drug-likeness (QED) is 0.367. The third kappa shape index (κ3) is 2.50. The molecule has 0 aliphatic heterocycles. The van der Waals surface area contributed by atoms with Crippen molar-refractivity contribution in [3.8, 4) is 5.69 Å². The van der Waals surface area contributed by atoms with Gasteiger partial charge in [0.2, 0.25) is 0 Å². The lowest BCUT2D eigenvalue weighted by molar-refractivity contribution is 0.827. The fourth-order valence-corrected chi connectivity index (χ4v) is 4.90. The molecular formula is C28H20N2O2. The third-order valence-electron chi connectivity index (χ3n) is 6.34. The van der Waals surface area contributed by atoms with E-state index in [0.29, 0.717) is 16.5 Å². The molecule has 0 unspecified atom stereocenters. The monoisotopic (exact) mass is 416 g/mol. The maximum absolute atomic E-state index is 13.7. The van der Waals surface area contributed by atoms with E-state index in [9.17, 15) is 9.59 Å². The zero-order valence-corrected chi connectivity index (χ0v) is 17.6. The largest absolute Gasteiger partial charge is 0.341 e. The van der Waals surface area contributed by atoms with Crippen LogP contribution in [-0.4, -0.2) is 9.13 Å². The molecule has 32 heavy (non-hydrogen) atoms. The summed E-state index contributed by atoms with van der Waals surface area (Å²) in [7, 11) is 0. The number of fused-ring (bicyclic) bond motifs is 6. The highest BCUT2D eigenvalue weighted by molar-refractivity contribution is 6.09. The van der Waals surface area contributed by atoms with Crippen LogP contribution in [0.4, 0.5) is 0 Å². The van der Waals surface area contributed by atoms with E-state index in [-0.39, 0.29) is 11.1 Å². The van der Waals surface area contributed by atoms with Crippen molar-refractivity contribution in [3.63, 3.8) is 0 Å². The zero-order valence-electron chi connectivity index (χ0n) is 17.6. The molecule has 0 aliphatic carbocycles. The predicted molar refractivity (Wildman–Crippen MR) is 132 cm³/mol. The molecule has 0 amide bonds. The van der Waals surface area contributed by atoms with Crippen molar-refractivity contribution in [3.05, 3.63) is 112 Å². The lowest BCUT2D eigenvalue weighted by Crippen LogP contribution is -2.28. The van der Waals surface area contributed by atoms with Gasteiger partial charge in [-0.1, -0.05) is 54.6 Å². The van der Waals surface area contributed by atoms with Crippen LogP contribution < -0.4 is 11.1 Å². The normalized spacial score (nSPS) is 11.7. The molecule has 2 heterocycles. The van der Waals surface area contributed by atoms with Crippen LogP contribution in [0.15, 0.2) is 101 Å². The summed E-state index contributed by atoms with van der Waals surface area (Å²) in [6, 6.07) is 29.0. The van der Waals surface area contributed by atoms with Crippen LogP contribution in [0.1, 0.15) is 6.92 Å². The summed E-state index contributed by atoms with van der Waals surface area (Å²) in [4.78, 5) is 27.4. The first-order chi connectivity index (χ1) is 15.7. The van der Waals surface area contributed by atoms with Crippen molar-refractivity contribution in [2.24, 2.45) is 0 Å². The molecule has 0 N–H and O–H groups in total. The number of hydrogen-bond acceptors (Lipinski definition) is 2. The molecule has 0 saturated heterocycles. The molecule has 154 valence electrons. The number of benzene rings is 4. The molecule has 0 spiro atoms. The molecule has 0 fully saturated rings. The molecule has 6 aromatic rings. The van der Waals surface area contributed by atoms with Crippen LogP contribution in [0.3, 0.4) is 0 Å². The first-order valence-corrected chi connectivity index (χ1v) is 10.8. The van der Waals surface area contributed by atoms with E-state index < -0.39 is 0 Å². The Morgan fingerprint density at radius 3 is 1.66 bits per heavy atom. The number of hydrogen-bond donors (Lipinski definition) is 0. The molecule has 0 aliphatic rings. The van der Waals surface area contributed by atoms with Crippen LogP contribution in [0.2, 0.25) is 0 Å². The van der Waals surface area contributed by atoms with Crippen LogP contribution in [0.5, 0.6) is 0 Å². The summed E-state index contributed by atoms with van der Waals surface area (Å²) in [5.74, 6) is 0. The average Bonchev–Trinajstić information content (AvgIpc) is 3.12. The van der Waals surface area contributed by atoms with E-state index in [1.807, 2.05) is 66.7 Å². The second-order valence-corrected chi connectivity index (χ2v) is 8.00. The SMILES string of the molecule is CCn1c2ccccc2c2cc(-n3c(=O)c4ccccc4c4ccccc4c3=O)ccc21. The fourth-order valence-electron chi connectivity index (χ4n) is 4.90. The Morgan fingerprint density at radius 1 is 0.562 bits per heavy atom. The maximum atomic E-state index is 13.7. The summed E-state index contributed by atoms with van der Waals surface area (Å²) >= 11 is 0. The lowest BCUT2D eigenvalue weighted by atomic mass is 10.1. The second kappa shape index (κ2) is 6.92. The molecule has 0 radical (unpaired) electrons. The van der Waals surface area contributed by atoms with Gasteiger partial charge in [-0.05, 0) is 54.1 Å². The summed E-state index contributed by atoms with van der Waals surface area (Å²) in [6.45, 7) is 2.96. The highest BCUT2D eigenvalue weighted by atomic mass is 16.2. The number of rotatable bonds is 2. The van der Waals surface area contributed by atoms with E-state index in [4.69, 9.17) is 0 Å². The first-order valence-electron chi connectivity index (χ1n) is 10.8. The molecule has 6 rings (SSSR count). The topological polar surface area (TPSA) is 44.0 Å². The van der Waals surface area contributed by atoms with Crippen molar-refractivity contribution < 1.29 is 0 Å². The average molecular weight is 416 g/mol. The molecule has 0 saturated carbocycles. The summed E-state index contributed by atoms with van der Waals surface area (Å²) < 4.78 is 3.58. The Balaban J connectivity index is 1.80. The fraction of sp³-hybridized carbons (Fsp3) is 0.0714. The van der Waals surface area contributed by atoms with Crippen LogP contribution in [0.25, 0.3) is 49.0 Å². The minimum atomic E-state index is -0.305.